The second kappa shape index (κ2) is 9.63. The van der Waals surface area contributed by atoms with Gasteiger partial charge in [-0.2, -0.15) is 0 Å². The van der Waals surface area contributed by atoms with Crippen LogP contribution < -0.4 is 16.4 Å². The smallest absolute Gasteiger partial charge is 0.335 e. The Labute approximate surface area is 199 Å². The van der Waals surface area contributed by atoms with E-state index in [2.05, 4.69) is 10.6 Å². The van der Waals surface area contributed by atoms with Crippen molar-refractivity contribution in [2.24, 2.45) is 5.73 Å². The number of aliphatic carboxylic acids is 1. The van der Waals surface area contributed by atoms with Crippen LogP contribution in [0.3, 0.4) is 0 Å². The molecule has 12 heteroatoms. The number of urea groups is 1. The highest BCUT2D eigenvalue weighted by Crippen LogP contribution is 2.29. The molecular weight excluding hydrogens is 458 g/mol. The van der Waals surface area contributed by atoms with E-state index in [0.717, 1.165) is 4.90 Å². The van der Waals surface area contributed by atoms with Crippen molar-refractivity contribution < 1.29 is 34.2 Å². The highest BCUT2D eigenvalue weighted by atomic mass is 16.4. The molecule has 3 rings (SSSR count). The van der Waals surface area contributed by atoms with Gasteiger partial charge in [0.05, 0.1) is 18.0 Å². The van der Waals surface area contributed by atoms with Gasteiger partial charge in [0.2, 0.25) is 5.91 Å². The van der Waals surface area contributed by atoms with Gasteiger partial charge in [-0.15, -0.1) is 0 Å². The third-order valence-corrected chi connectivity index (χ3v) is 5.62. The van der Waals surface area contributed by atoms with Gasteiger partial charge >= 0.3 is 18.0 Å². The molecule has 2 aromatic rings. The molecule has 4 amide bonds. The van der Waals surface area contributed by atoms with Crippen molar-refractivity contribution in [3.8, 4) is 0 Å². The minimum absolute atomic E-state index is 0.0101. The molecule has 0 aliphatic carbocycles. The van der Waals surface area contributed by atoms with E-state index in [1.54, 1.807) is 12.1 Å². The van der Waals surface area contributed by atoms with E-state index >= 15 is 0 Å². The normalized spacial score (nSPS) is 18.0. The molecule has 0 bridgehead atoms. The van der Waals surface area contributed by atoms with Gasteiger partial charge < -0.3 is 26.6 Å². The zero-order valence-electron chi connectivity index (χ0n) is 18.6. The summed E-state index contributed by atoms with van der Waals surface area (Å²) in [6, 6.07) is 9.65. The zero-order valence-corrected chi connectivity index (χ0v) is 18.6. The number of nitrogen functional groups attached to an aromatic ring is 1. The molecule has 2 atom stereocenters. The maximum Gasteiger partial charge on any atom is 0.335 e. The minimum Gasteiger partial charge on any atom is -0.481 e. The number of benzene rings is 2. The van der Waals surface area contributed by atoms with E-state index in [1.807, 2.05) is 0 Å². The van der Waals surface area contributed by atoms with Crippen LogP contribution in [0.2, 0.25) is 0 Å². The van der Waals surface area contributed by atoms with E-state index in [1.165, 1.54) is 43.3 Å². The lowest BCUT2D eigenvalue weighted by Crippen LogP contribution is -2.44. The first-order valence-corrected chi connectivity index (χ1v) is 10.4. The van der Waals surface area contributed by atoms with Crippen LogP contribution >= 0.6 is 0 Å². The molecule has 1 saturated heterocycles. The van der Waals surface area contributed by atoms with Crippen LogP contribution in [0.1, 0.15) is 46.4 Å². The summed E-state index contributed by atoms with van der Waals surface area (Å²) in [5.74, 6) is -4.00. The number of carboxylic acids is 2. The number of hydrogen-bond acceptors (Lipinski definition) is 6. The summed E-state index contributed by atoms with van der Waals surface area (Å²) in [6.45, 7) is 0.820. The van der Waals surface area contributed by atoms with Crippen LogP contribution in [0.5, 0.6) is 0 Å². The van der Waals surface area contributed by atoms with Crippen molar-refractivity contribution in [3.05, 3.63) is 70.8 Å². The zero-order chi connectivity index (χ0) is 25.9. The monoisotopic (exact) mass is 481 g/mol. The molecule has 0 aromatic heterocycles. The lowest BCUT2D eigenvalue weighted by Gasteiger charge is -2.23. The van der Waals surface area contributed by atoms with Crippen LogP contribution in [0.25, 0.3) is 0 Å². The number of nitrogens with zero attached hydrogens (tertiary/aromatic N) is 1. The predicted octanol–water partition coefficient (Wildman–Crippen LogP) is 0.768. The molecule has 0 radical (unpaired) electrons. The third-order valence-electron chi connectivity index (χ3n) is 5.62. The highest BCUT2D eigenvalue weighted by molar-refractivity contribution is 6.09. The summed E-state index contributed by atoms with van der Waals surface area (Å²) < 4.78 is 0. The van der Waals surface area contributed by atoms with E-state index in [0.29, 0.717) is 16.7 Å². The Kier molecular flexibility index (Phi) is 6.85. The van der Waals surface area contributed by atoms with Crippen molar-refractivity contribution in [2.45, 2.75) is 24.9 Å². The van der Waals surface area contributed by atoms with Crippen molar-refractivity contribution in [1.82, 2.24) is 15.5 Å². The highest BCUT2D eigenvalue weighted by Gasteiger charge is 2.49. The van der Waals surface area contributed by atoms with Crippen LogP contribution in [-0.4, -0.2) is 57.3 Å². The first-order valence-electron chi connectivity index (χ1n) is 10.4. The summed E-state index contributed by atoms with van der Waals surface area (Å²) in [5.41, 5.74) is 5.18. The van der Waals surface area contributed by atoms with Gasteiger partial charge in [-0.05, 0) is 30.2 Å². The Morgan fingerprint density at radius 1 is 1.06 bits per heavy atom. The maximum atomic E-state index is 13.1. The number of carbonyl (C=O) groups is 5. The van der Waals surface area contributed by atoms with Gasteiger partial charge in [0, 0.05) is 5.56 Å². The molecule has 2 aromatic carbocycles. The van der Waals surface area contributed by atoms with E-state index in [9.17, 15) is 29.1 Å². The number of rotatable bonds is 9. The van der Waals surface area contributed by atoms with E-state index in [-0.39, 0.29) is 11.4 Å². The minimum atomic E-state index is -1.46. The fourth-order valence-electron chi connectivity index (χ4n) is 3.69. The number of aromatic carboxylic acids is 1. The second-order valence-corrected chi connectivity index (χ2v) is 8.08. The molecule has 1 fully saturated rings. The Morgan fingerprint density at radius 3 is 2.14 bits per heavy atom. The fourth-order valence-corrected chi connectivity index (χ4v) is 3.69. The van der Waals surface area contributed by atoms with Gasteiger partial charge in [0.15, 0.2) is 0 Å². The number of carbonyl (C=O) groups excluding carboxylic acids is 3. The predicted molar refractivity (Wildman–Crippen MR) is 122 cm³/mol. The summed E-state index contributed by atoms with van der Waals surface area (Å²) in [4.78, 5) is 61.4. The fraction of sp³-hybridized carbons (Fsp3) is 0.217. The SMILES string of the molecule is C[C@@]1(c2ccc(C(=N)N)cc2)NC(=O)N(CC(=O)N[C@@H](CC(=O)O)c2ccc(C(=O)O)cc2)C1=O. The van der Waals surface area contributed by atoms with Crippen molar-refractivity contribution in [3.63, 3.8) is 0 Å². The molecule has 182 valence electrons. The molecule has 12 nitrogen and oxygen atoms in total. The summed E-state index contributed by atoms with van der Waals surface area (Å²) in [6.07, 6.45) is -0.501. The Morgan fingerprint density at radius 2 is 1.63 bits per heavy atom. The molecule has 0 saturated carbocycles. The van der Waals surface area contributed by atoms with Crippen LogP contribution in [0.15, 0.2) is 48.5 Å². The molecule has 7 N–H and O–H groups in total. The molecule has 1 aliphatic rings. The van der Waals surface area contributed by atoms with Crippen molar-refractivity contribution in [1.29, 1.82) is 5.41 Å². The van der Waals surface area contributed by atoms with Crippen LogP contribution in [0, 0.1) is 5.41 Å². The number of imide groups is 1. The molecule has 0 unspecified atom stereocenters. The van der Waals surface area contributed by atoms with Gasteiger partial charge in [0.1, 0.15) is 17.9 Å². The standard InChI is InChI=1S/C23H23N5O7/c1-23(15-8-6-13(7-9-15)19(24)25)21(34)28(22(35)27-23)11-17(29)26-16(10-18(30)31)12-2-4-14(5-3-12)20(32)33/h2-9,16H,10-11H2,1H3,(H3,24,25)(H,26,29)(H,27,35)(H,30,31)(H,32,33)/t16-,23-/m0/s1. The molecule has 1 heterocycles. The quantitative estimate of drug-likeness (QED) is 0.171. The van der Waals surface area contributed by atoms with Gasteiger partial charge in [-0.3, -0.25) is 24.7 Å². The molecular formula is C23H23N5O7. The van der Waals surface area contributed by atoms with E-state index < -0.39 is 54.3 Å². The summed E-state index contributed by atoms with van der Waals surface area (Å²) >= 11 is 0. The summed E-state index contributed by atoms with van der Waals surface area (Å²) in [5, 5.41) is 30.8. The van der Waals surface area contributed by atoms with Gasteiger partial charge in [-0.25, -0.2) is 9.59 Å². The Hall–Kier alpha value is -4.74. The van der Waals surface area contributed by atoms with Gasteiger partial charge in [0.25, 0.3) is 5.91 Å². The van der Waals surface area contributed by atoms with Crippen molar-refractivity contribution >= 4 is 35.6 Å². The van der Waals surface area contributed by atoms with Crippen molar-refractivity contribution in [2.75, 3.05) is 6.54 Å². The van der Waals surface area contributed by atoms with Gasteiger partial charge in [-0.1, -0.05) is 36.4 Å². The Bertz CT molecular complexity index is 1210. The summed E-state index contributed by atoms with van der Waals surface area (Å²) in [7, 11) is 0. The molecule has 35 heavy (non-hydrogen) atoms. The number of nitrogens with two attached hydrogens (primary N) is 1. The Balaban J connectivity index is 1.75. The first-order chi connectivity index (χ1) is 16.4. The van der Waals surface area contributed by atoms with Crippen LogP contribution in [-0.2, 0) is 19.9 Å². The average molecular weight is 481 g/mol. The number of carboxylic acid groups (broad SMARTS) is 2. The first kappa shape index (κ1) is 24.9. The lowest BCUT2D eigenvalue weighted by molar-refractivity contribution is -0.138. The topological polar surface area (TPSA) is 203 Å². The third kappa shape index (κ3) is 5.27. The average Bonchev–Trinajstić information content (AvgIpc) is 3.02. The maximum absolute atomic E-state index is 13.1. The lowest BCUT2D eigenvalue weighted by atomic mass is 9.91. The van der Waals surface area contributed by atoms with E-state index in [4.69, 9.17) is 16.2 Å². The van der Waals surface area contributed by atoms with Crippen LogP contribution in [0.4, 0.5) is 4.79 Å². The number of hydrogen-bond donors (Lipinski definition) is 6. The number of nitrogens with one attached hydrogen (secondary N) is 3. The molecule has 1 aliphatic heterocycles. The number of amides is 4. The number of amidine groups is 1. The largest absolute Gasteiger partial charge is 0.481 e. The molecule has 0 spiro atoms. The second-order valence-electron chi connectivity index (χ2n) is 8.08.